The largest absolute Gasteiger partial charge is 0.367 e. The zero-order valence-electron chi connectivity index (χ0n) is 8.63. The fraction of sp³-hybridized carbons (Fsp3) is 0.182. The molecule has 0 aliphatic carbocycles. The van der Waals surface area contributed by atoms with Gasteiger partial charge >= 0.3 is 0 Å². The molecule has 0 unspecified atom stereocenters. The van der Waals surface area contributed by atoms with E-state index in [0.29, 0.717) is 22.0 Å². The zero-order chi connectivity index (χ0) is 11.7. The molecule has 84 valence electrons. The molecule has 0 radical (unpaired) electrons. The van der Waals surface area contributed by atoms with Gasteiger partial charge in [-0.1, -0.05) is 12.1 Å². The summed E-state index contributed by atoms with van der Waals surface area (Å²) in [7, 11) is 0. The van der Waals surface area contributed by atoms with Gasteiger partial charge in [-0.25, -0.2) is 4.39 Å². The quantitative estimate of drug-likeness (QED) is 0.920. The van der Waals surface area contributed by atoms with Gasteiger partial charge in [0.2, 0.25) is 5.88 Å². The first kappa shape index (κ1) is 11.1. The van der Waals surface area contributed by atoms with Crippen LogP contribution in [0.5, 0.6) is 0 Å². The Bertz CT molecular complexity index is 525. The first-order chi connectivity index (χ1) is 7.63. The molecule has 0 atom stereocenters. The van der Waals surface area contributed by atoms with E-state index in [1.807, 2.05) is 6.92 Å². The summed E-state index contributed by atoms with van der Waals surface area (Å²) in [6, 6.07) is 3.42. The van der Waals surface area contributed by atoms with Gasteiger partial charge < -0.3 is 10.3 Å². The van der Waals surface area contributed by atoms with E-state index in [-0.39, 0.29) is 11.7 Å². The lowest BCUT2D eigenvalue weighted by molar-refractivity contribution is 0.436. The molecule has 0 fully saturated rings. The Hall–Kier alpha value is -1.36. The number of anilines is 1. The number of benzene rings is 1. The van der Waals surface area contributed by atoms with Crippen molar-refractivity contribution in [2.75, 3.05) is 5.73 Å². The van der Waals surface area contributed by atoms with E-state index in [0.717, 1.165) is 5.56 Å². The smallest absolute Gasteiger partial charge is 0.229 e. The molecular formula is C11H10BrFN2O. The summed E-state index contributed by atoms with van der Waals surface area (Å²) >= 11 is 3.18. The highest BCUT2D eigenvalue weighted by Crippen LogP contribution is 2.31. The van der Waals surface area contributed by atoms with E-state index in [4.69, 9.17) is 10.3 Å². The molecule has 1 aromatic carbocycles. The highest BCUT2D eigenvalue weighted by atomic mass is 79.9. The van der Waals surface area contributed by atoms with Gasteiger partial charge in [-0.2, -0.15) is 0 Å². The third-order valence-corrected chi connectivity index (χ3v) is 2.97. The van der Waals surface area contributed by atoms with Gasteiger partial charge in [0.15, 0.2) is 0 Å². The predicted octanol–water partition coefficient (Wildman–Crippen LogP) is 3.39. The van der Waals surface area contributed by atoms with Crippen LogP contribution in [0.1, 0.15) is 12.5 Å². The summed E-state index contributed by atoms with van der Waals surface area (Å²) in [5, 5.41) is 3.60. The molecule has 3 nitrogen and oxygen atoms in total. The first-order valence-electron chi connectivity index (χ1n) is 4.82. The molecule has 0 saturated heterocycles. The SMILES string of the molecule is CCc1cc(-c2cnoc2N)cc(Br)c1F. The van der Waals surface area contributed by atoms with Crippen LogP contribution in [0, 0.1) is 5.82 Å². The van der Waals surface area contributed by atoms with E-state index in [1.165, 1.54) is 6.20 Å². The van der Waals surface area contributed by atoms with Gasteiger partial charge in [0, 0.05) is 0 Å². The van der Waals surface area contributed by atoms with Gasteiger partial charge in [-0.3, -0.25) is 0 Å². The van der Waals surface area contributed by atoms with Crippen LogP contribution >= 0.6 is 15.9 Å². The van der Waals surface area contributed by atoms with Crippen molar-refractivity contribution in [3.05, 3.63) is 34.2 Å². The van der Waals surface area contributed by atoms with E-state index in [1.54, 1.807) is 12.1 Å². The molecule has 0 saturated carbocycles. The fourth-order valence-electron chi connectivity index (χ4n) is 1.52. The van der Waals surface area contributed by atoms with E-state index < -0.39 is 0 Å². The highest BCUT2D eigenvalue weighted by molar-refractivity contribution is 9.10. The number of nitrogens with two attached hydrogens (primary N) is 1. The number of nitrogen functional groups attached to an aromatic ring is 1. The van der Waals surface area contributed by atoms with Crippen molar-refractivity contribution in [3.8, 4) is 11.1 Å². The lowest BCUT2D eigenvalue weighted by Crippen LogP contribution is -1.92. The van der Waals surface area contributed by atoms with Crippen LogP contribution in [0.2, 0.25) is 0 Å². The fourth-order valence-corrected chi connectivity index (χ4v) is 2.03. The molecule has 0 spiro atoms. The van der Waals surface area contributed by atoms with Crippen LogP contribution in [0.3, 0.4) is 0 Å². The van der Waals surface area contributed by atoms with Crippen molar-refractivity contribution in [1.82, 2.24) is 5.16 Å². The Morgan fingerprint density at radius 1 is 1.50 bits per heavy atom. The summed E-state index contributed by atoms with van der Waals surface area (Å²) in [5.74, 6) is 0.00170. The maximum atomic E-state index is 13.6. The van der Waals surface area contributed by atoms with Crippen LogP contribution in [0.4, 0.5) is 10.3 Å². The van der Waals surface area contributed by atoms with Crippen molar-refractivity contribution < 1.29 is 8.91 Å². The number of hydrogen-bond acceptors (Lipinski definition) is 3. The summed E-state index contributed by atoms with van der Waals surface area (Å²) in [6.45, 7) is 1.89. The Balaban J connectivity index is 2.59. The monoisotopic (exact) mass is 284 g/mol. The summed E-state index contributed by atoms with van der Waals surface area (Å²) < 4.78 is 18.8. The zero-order valence-corrected chi connectivity index (χ0v) is 10.2. The number of nitrogens with zero attached hydrogens (tertiary/aromatic N) is 1. The third-order valence-electron chi connectivity index (χ3n) is 2.39. The molecule has 1 aromatic heterocycles. The lowest BCUT2D eigenvalue weighted by atomic mass is 10.0. The second-order valence-electron chi connectivity index (χ2n) is 3.39. The summed E-state index contributed by atoms with van der Waals surface area (Å²) in [4.78, 5) is 0. The standard InChI is InChI=1S/C11H10BrFN2O/c1-2-6-3-7(4-9(12)10(6)13)8-5-15-16-11(8)14/h3-5H,2,14H2,1H3. The summed E-state index contributed by atoms with van der Waals surface area (Å²) in [6.07, 6.45) is 2.14. The normalized spacial score (nSPS) is 10.7. The molecule has 0 bridgehead atoms. The molecule has 16 heavy (non-hydrogen) atoms. The number of halogens is 2. The Labute approximate surface area is 101 Å². The van der Waals surface area contributed by atoms with Crippen LogP contribution in [0.25, 0.3) is 11.1 Å². The lowest BCUT2D eigenvalue weighted by Gasteiger charge is -2.06. The molecule has 2 rings (SSSR count). The van der Waals surface area contributed by atoms with Gasteiger partial charge in [0.25, 0.3) is 0 Å². The van der Waals surface area contributed by atoms with Crippen LogP contribution in [-0.2, 0) is 6.42 Å². The second kappa shape index (κ2) is 4.25. The van der Waals surface area contributed by atoms with Crippen LogP contribution in [-0.4, -0.2) is 5.16 Å². The van der Waals surface area contributed by atoms with Crippen molar-refractivity contribution >= 4 is 21.8 Å². The number of aromatic nitrogens is 1. The number of hydrogen-bond donors (Lipinski definition) is 1. The first-order valence-corrected chi connectivity index (χ1v) is 5.61. The summed E-state index contributed by atoms with van der Waals surface area (Å²) in [5.41, 5.74) is 7.72. The average Bonchev–Trinajstić information content (AvgIpc) is 2.68. The molecule has 2 N–H and O–H groups in total. The van der Waals surface area contributed by atoms with Crippen molar-refractivity contribution in [2.45, 2.75) is 13.3 Å². The average molecular weight is 285 g/mol. The van der Waals surface area contributed by atoms with Crippen LogP contribution < -0.4 is 5.73 Å². The number of aryl methyl sites for hydroxylation is 1. The maximum absolute atomic E-state index is 13.6. The van der Waals surface area contributed by atoms with Gasteiger partial charge in [-0.15, -0.1) is 0 Å². The Morgan fingerprint density at radius 2 is 2.25 bits per heavy atom. The van der Waals surface area contributed by atoms with Gasteiger partial charge in [0.1, 0.15) is 5.82 Å². The second-order valence-corrected chi connectivity index (χ2v) is 4.24. The molecule has 0 aliphatic rings. The van der Waals surface area contributed by atoms with Gasteiger partial charge in [-0.05, 0) is 45.6 Å². The minimum Gasteiger partial charge on any atom is -0.367 e. The Morgan fingerprint density at radius 3 is 2.81 bits per heavy atom. The van der Waals surface area contributed by atoms with E-state index >= 15 is 0 Å². The Kier molecular flexibility index (Phi) is 2.96. The minimum absolute atomic E-state index is 0.235. The van der Waals surface area contributed by atoms with E-state index in [2.05, 4.69) is 21.1 Å². The molecule has 5 heteroatoms. The maximum Gasteiger partial charge on any atom is 0.229 e. The van der Waals surface area contributed by atoms with Crippen molar-refractivity contribution in [1.29, 1.82) is 0 Å². The highest BCUT2D eigenvalue weighted by Gasteiger charge is 2.12. The van der Waals surface area contributed by atoms with Crippen molar-refractivity contribution in [3.63, 3.8) is 0 Å². The van der Waals surface area contributed by atoms with E-state index in [9.17, 15) is 4.39 Å². The predicted molar refractivity (Wildman–Crippen MR) is 63.4 cm³/mol. The minimum atomic E-state index is -0.235. The third kappa shape index (κ3) is 1.82. The topological polar surface area (TPSA) is 52.0 Å². The number of rotatable bonds is 2. The molecule has 2 aromatic rings. The van der Waals surface area contributed by atoms with Gasteiger partial charge in [0.05, 0.1) is 16.2 Å². The van der Waals surface area contributed by atoms with Crippen LogP contribution in [0.15, 0.2) is 27.3 Å². The molecule has 1 heterocycles. The molecular weight excluding hydrogens is 275 g/mol. The molecule has 0 amide bonds. The van der Waals surface area contributed by atoms with Crippen molar-refractivity contribution in [2.24, 2.45) is 0 Å². The molecule has 0 aliphatic heterocycles.